The number of unbranched alkanes of at least 4 members (excludes halogenated alkanes) is 1. The fourth-order valence-electron chi connectivity index (χ4n) is 1.90. The van der Waals surface area contributed by atoms with Gasteiger partial charge >= 0.3 is 0 Å². The Hall–Kier alpha value is -0.500. The molecular weight excluding hydrogens is 265 g/mol. The zero-order valence-corrected chi connectivity index (χ0v) is 12.4. The van der Waals surface area contributed by atoms with Crippen LogP contribution in [0.25, 0.3) is 0 Å². The minimum atomic E-state index is 0.347. The molecule has 0 bridgehead atoms. The highest BCUT2D eigenvalue weighted by Crippen LogP contribution is 2.27. The average molecular weight is 286 g/mol. The average Bonchev–Trinajstić information content (AvgIpc) is 2.37. The zero-order chi connectivity index (χ0) is 13.4. The first-order valence-electron chi connectivity index (χ1n) is 6.48. The molecule has 18 heavy (non-hydrogen) atoms. The number of rotatable bonds is 8. The smallest absolute Gasteiger partial charge is 0.0595 e. The van der Waals surface area contributed by atoms with Crippen molar-refractivity contribution in [2.75, 3.05) is 6.54 Å². The lowest BCUT2D eigenvalue weighted by Gasteiger charge is -2.19. The van der Waals surface area contributed by atoms with Gasteiger partial charge in [-0.15, -0.1) is 6.58 Å². The summed E-state index contributed by atoms with van der Waals surface area (Å²) >= 11 is 12.0. The summed E-state index contributed by atoms with van der Waals surface area (Å²) in [6.45, 7) is 6.94. The number of hydrogen-bond donors (Lipinski definition) is 1. The molecule has 0 saturated carbocycles. The minimum Gasteiger partial charge on any atom is -0.310 e. The van der Waals surface area contributed by atoms with E-state index >= 15 is 0 Å². The first-order chi connectivity index (χ1) is 8.69. The summed E-state index contributed by atoms with van der Waals surface area (Å²) in [4.78, 5) is 0. The summed E-state index contributed by atoms with van der Waals surface area (Å²) in [5.74, 6) is 0. The minimum absolute atomic E-state index is 0.347. The van der Waals surface area contributed by atoms with Crippen LogP contribution in [-0.4, -0.2) is 6.54 Å². The number of nitrogens with one attached hydrogen (secondary N) is 1. The molecule has 1 N–H and O–H groups in total. The van der Waals surface area contributed by atoms with Crippen LogP contribution >= 0.6 is 23.2 Å². The quantitative estimate of drug-likeness (QED) is 0.499. The van der Waals surface area contributed by atoms with E-state index < -0.39 is 0 Å². The number of benzene rings is 1. The Kier molecular flexibility index (Phi) is 7.41. The van der Waals surface area contributed by atoms with Crippen molar-refractivity contribution in [3.05, 3.63) is 46.5 Å². The molecule has 1 nitrogen and oxygen atoms in total. The summed E-state index contributed by atoms with van der Waals surface area (Å²) in [6.07, 6.45) is 6.35. The lowest BCUT2D eigenvalue weighted by molar-refractivity contribution is 0.486. The van der Waals surface area contributed by atoms with E-state index in [1.807, 2.05) is 18.2 Å². The van der Waals surface area contributed by atoms with Gasteiger partial charge in [-0.2, -0.15) is 0 Å². The lowest BCUT2D eigenvalue weighted by atomic mass is 10.0. The number of halogens is 2. The van der Waals surface area contributed by atoms with Crippen LogP contribution in [-0.2, 0) is 0 Å². The van der Waals surface area contributed by atoms with Gasteiger partial charge in [-0.05, 0) is 49.9 Å². The van der Waals surface area contributed by atoms with Gasteiger partial charge < -0.3 is 5.32 Å². The van der Waals surface area contributed by atoms with Crippen molar-refractivity contribution in [3.8, 4) is 0 Å². The van der Waals surface area contributed by atoms with Crippen LogP contribution in [0.4, 0.5) is 0 Å². The molecule has 1 aromatic carbocycles. The predicted molar refractivity (Wildman–Crippen MR) is 81.5 cm³/mol. The SMILES string of the molecule is C=CCCCC(NCCC)c1ccc(Cl)c(Cl)c1. The Balaban J connectivity index is 2.72. The summed E-state index contributed by atoms with van der Waals surface area (Å²) in [5.41, 5.74) is 1.21. The molecule has 0 saturated heterocycles. The molecule has 0 amide bonds. The maximum atomic E-state index is 6.08. The third-order valence-electron chi connectivity index (χ3n) is 2.89. The van der Waals surface area contributed by atoms with Gasteiger partial charge in [0.25, 0.3) is 0 Å². The van der Waals surface area contributed by atoms with Crippen molar-refractivity contribution in [1.29, 1.82) is 0 Å². The predicted octanol–water partition coefficient (Wildman–Crippen LogP) is 5.39. The van der Waals surface area contributed by atoms with E-state index in [9.17, 15) is 0 Å². The van der Waals surface area contributed by atoms with Crippen LogP contribution in [0.1, 0.15) is 44.2 Å². The van der Waals surface area contributed by atoms with Crippen LogP contribution in [0.5, 0.6) is 0 Å². The van der Waals surface area contributed by atoms with Crippen molar-refractivity contribution in [3.63, 3.8) is 0 Å². The lowest BCUT2D eigenvalue weighted by Crippen LogP contribution is -2.22. The van der Waals surface area contributed by atoms with E-state index in [1.165, 1.54) is 5.56 Å². The van der Waals surface area contributed by atoms with E-state index in [1.54, 1.807) is 0 Å². The van der Waals surface area contributed by atoms with Gasteiger partial charge in [-0.25, -0.2) is 0 Å². The second kappa shape index (κ2) is 8.58. The molecule has 0 aromatic heterocycles. The molecule has 3 heteroatoms. The Morgan fingerprint density at radius 3 is 2.72 bits per heavy atom. The molecular formula is C15H21Cl2N. The molecule has 0 aliphatic heterocycles. The van der Waals surface area contributed by atoms with Crippen LogP contribution in [0.15, 0.2) is 30.9 Å². The number of hydrogen-bond acceptors (Lipinski definition) is 1. The van der Waals surface area contributed by atoms with Crippen molar-refractivity contribution < 1.29 is 0 Å². The first-order valence-corrected chi connectivity index (χ1v) is 7.23. The molecule has 0 spiro atoms. The third-order valence-corrected chi connectivity index (χ3v) is 3.63. The summed E-state index contributed by atoms with van der Waals surface area (Å²) in [5, 5.41) is 4.79. The van der Waals surface area contributed by atoms with Crippen LogP contribution in [0.3, 0.4) is 0 Å². The van der Waals surface area contributed by atoms with Gasteiger partial charge in [0.15, 0.2) is 0 Å². The molecule has 0 heterocycles. The van der Waals surface area contributed by atoms with E-state index in [2.05, 4.69) is 24.9 Å². The molecule has 0 radical (unpaired) electrons. The summed E-state index contributed by atoms with van der Waals surface area (Å²) < 4.78 is 0. The molecule has 0 aliphatic rings. The maximum Gasteiger partial charge on any atom is 0.0595 e. The Morgan fingerprint density at radius 2 is 2.11 bits per heavy atom. The highest BCUT2D eigenvalue weighted by molar-refractivity contribution is 6.42. The summed E-state index contributed by atoms with van der Waals surface area (Å²) in [6, 6.07) is 6.23. The highest BCUT2D eigenvalue weighted by atomic mass is 35.5. The monoisotopic (exact) mass is 285 g/mol. The largest absolute Gasteiger partial charge is 0.310 e. The molecule has 0 aliphatic carbocycles. The standard InChI is InChI=1S/C15H21Cl2N/c1-3-5-6-7-15(18-10-4-2)12-8-9-13(16)14(17)11-12/h3,8-9,11,15,18H,1,4-7,10H2,2H3. The molecule has 0 fully saturated rings. The second-order valence-electron chi connectivity index (χ2n) is 4.40. The van der Waals surface area contributed by atoms with Crippen LogP contribution in [0, 0.1) is 0 Å². The van der Waals surface area contributed by atoms with E-state index in [0.29, 0.717) is 16.1 Å². The van der Waals surface area contributed by atoms with Gasteiger partial charge in [0.05, 0.1) is 10.0 Å². The highest BCUT2D eigenvalue weighted by Gasteiger charge is 2.11. The third kappa shape index (κ3) is 5.01. The topological polar surface area (TPSA) is 12.0 Å². The van der Waals surface area contributed by atoms with Gasteiger partial charge in [-0.1, -0.05) is 42.3 Å². The van der Waals surface area contributed by atoms with Gasteiger partial charge in [0, 0.05) is 6.04 Å². The molecule has 1 rings (SSSR count). The van der Waals surface area contributed by atoms with Crippen molar-refractivity contribution in [2.24, 2.45) is 0 Å². The molecule has 1 unspecified atom stereocenters. The maximum absolute atomic E-state index is 6.08. The Bertz CT molecular complexity index is 377. The second-order valence-corrected chi connectivity index (χ2v) is 5.21. The fourth-order valence-corrected chi connectivity index (χ4v) is 2.21. The summed E-state index contributed by atoms with van der Waals surface area (Å²) in [7, 11) is 0. The number of allylic oxidation sites excluding steroid dienone is 1. The van der Waals surface area contributed by atoms with Crippen LogP contribution < -0.4 is 5.32 Å². The van der Waals surface area contributed by atoms with E-state index in [4.69, 9.17) is 23.2 Å². The fraction of sp³-hybridized carbons (Fsp3) is 0.467. The van der Waals surface area contributed by atoms with Crippen LogP contribution in [0.2, 0.25) is 10.0 Å². The van der Waals surface area contributed by atoms with Gasteiger partial charge in [0.2, 0.25) is 0 Å². The Labute approximate surface area is 120 Å². The van der Waals surface area contributed by atoms with Crippen molar-refractivity contribution >= 4 is 23.2 Å². The van der Waals surface area contributed by atoms with Gasteiger partial charge in [-0.3, -0.25) is 0 Å². The zero-order valence-electron chi connectivity index (χ0n) is 10.9. The van der Waals surface area contributed by atoms with Crippen molar-refractivity contribution in [1.82, 2.24) is 5.32 Å². The van der Waals surface area contributed by atoms with E-state index in [0.717, 1.165) is 32.2 Å². The van der Waals surface area contributed by atoms with Gasteiger partial charge in [0.1, 0.15) is 0 Å². The Morgan fingerprint density at radius 1 is 1.33 bits per heavy atom. The van der Waals surface area contributed by atoms with E-state index in [-0.39, 0.29) is 0 Å². The molecule has 1 aromatic rings. The molecule has 1 atom stereocenters. The first kappa shape index (κ1) is 15.6. The van der Waals surface area contributed by atoms with Crippen molar-refractivity contribution in [2.45, 2.75) is 38.6 Å². The normalized spacial score (nSPS) is 12.4. The molecule has 100 valence electrons.